The molecule has 7 nitrogen and oxygen atoms in total. The molecule has 8 heteroatoms. The van der Waals surface area contributed by atoms with Crippen LogP contribution in [-0.2, 0) is 4.79 Å². The first kappa shape index (κ1) is 26.1. The third kappa shape index (κ3) is 6.81. The van der Waals surface area contributed by atoms with Gasteiger partial charge in [-0.25, -0.2) is 9.37 Å². The number of rotatable bonds is 8. The highest BCUT2D eigenvalue weighted by atomic mass is 19.1. The fourth-order valence-electron chi connectivity index (χ4n) is 5.12. The minimum atomic E-state index is -1.16. The predicted molar refractivity (Wildman–Crippen MR) is 137 cm³/mol. The number of hydrogen-bond acceptors (Lipinski definition) is 5. The van der Waals surface area contributed by atoms with Gasteiger partial charge in [0, 0.05) is 36.5 Å². The molecule has 0 radical (unpaired) electrons. The topological polar surface area (TPSA) is 88.8 Å². The van der Waals surface area contributed by atoms with Crippen molar-refractivity contribution >= 4 is 11.8 Å². The van der Waals surface area contributed by atoms with Gasteiger partial charge in [0.2, 0.25) is 11.8 Å². The molecule has 36 heavy (non-hydrogen) atoms. The van der Waals surface area contributed by atoms with Gasteiger partial charge in [-0.05, 0) is 88.7 Å². The van der Waals surface area contributed by atoms with Crippen LogP contribution in [0, 0.1) is 5.92 Å². The van der Waals surface area contributed by atoms with E-state index in [1.165, 1.54) is 0 Å². The maximum atomic E-state index is 13.9. The number of carbonyl (C=O) groups excluding carboxylic acids is 2. The van der Waals surface area contributed by atoms with Crippen molar-refractivity contribution in [1.82, 2.24) is 14.8 Å². The van der Waals surface area contributed by atoms with Gasteiger partial charge in [0.15, 0.2) is 0 Å². The van der Waals surface area contributed by atoms with Crippen molar-refractivity contribution in [3.63, 3.8) is 0 Å². The lowest BCUT2D eigenvalue weighted by Gasteiger charge is -2.34. The van der Waals surface area contributed by atoms with Crippen LogP contribution in [0.1, 0.15) is 56.3 Å². The van der Waals surface area contributed by atoms with Crippen molar-refractivity contribution in [3.05, 3.63) is 48.2 Å². The molecule has 1 aromatic heterocycles. The van der Waals surface area contributed by atoms with Gasteiger partial charge < -0.3 is 20.3 Å². The van der Waals surface area contributed by atoms with Gasteiger partial charge in [0.05, 0.1) is 6.61 Å². The minimum absolute atomic E-state index is 0.161. The van der Waals surface area contributed by atoms with Crippen molar-refractivity contribution in [3.8, 4) is 17.0 Å². The minimum Gasteiger partial charge on any atom is -0.477 e. The van der Waals surface area contributed by atoms with Crippen LogP contribution in [0.3, 0.4) is 0 Å². The Morgan fingerprint density at radius 1 is 1.03 bits per heavy atom. The Kier molecular flexibility index (Phi) is 8.24. The van der Waals surface area contributed by atoms with Crippen LogP contribution < -0.4 is 10.5 Å². The average Bonchev–Trinajstić information content (AvgIpc) is 2.87. The molecule has 2 fully saturated rings. The maximum absolute atomic E-state index is 13.9. The summed E-state index contributed by atoms with van der Waals surface area (Å²) in [6.45, 7) is 6.68. The molecular formula is C28H37FN4O3. The first-order chi connectivity index (χ1) is 17.2. The maximum Gasteiger partial charge on any atom is 0.254 e. The highest BCUT2D eigenvalue weighted by molar-refractivity contribution is 5.97. The highest BCUT2D eigenvalue weighted by Gasteiger charge is 2.31. The lowest BCUT2D eigenvalue weighted by Crippen LogP contribution is -2.50. The summed E-state index contributed by atoms with van der Waals surface area (Å²) in [5.41, 5.74) is 6.76. The number of benzene rings is 1. The van der Waals surface area contributed by atoms with Gasteiger partial charge in [0.1, 0.15) is 11.7 Å². The van der Waals surface area contributed by atoms with E-state index >= 15 is 0 Å². The number of halogens is 1. The van der Waals surface area contributed by atoms with Crippen LogP contribution >= 0.6 is 0 Å². The van der Waals surface area contributed by atoms with Gasteiger partial charge in [-0.3, -0.25) is 9.59 Å². The Hall–Kier alpha value is -3.00. The summed E-state index contributed by atoms with van der Waals surface area (Å²) < 4.78 is 19.8. The van der Waals surface area contributed by atoms with E-state index in [2.05, 4.69) is 9.88 Å². The molecule has 2 amide bonds. The van der Waals surface area contributed by atoms with Crippen molar-refractivity contribution < 1.29 is 18.7 Å². The Balaban J connectivity index is 1.29. The van der Waals surface area contributed by atoms with Gasteiger partial charge >= 0.3 is 0 Å². The number of hydrogen-bond donors (Lipinski definition) is 1. The van der Waals surface area contributed by atoms with Crippen molar-refractivity contribution in [2.45, 2.75) is 57.7 Å². The van der Waals surface area contributed by atoms with Gasteiger partial charge in [-0.15, -0.1) is 0 Å². The van der Waals surface area contributed by atoms with Crippen LogP contribution in [0.2, 0.25) is 0 Å². The van der Waals surface area contributed by atoms with Crippen molar-refractivity contribution in [1.29, 1.82) is 0 Å². The second-order valence-corrected chi connectivity index (χ2v) is 10.6. The summed E-state index contributed by atoms with van der Waals surface area (Å²) in [5, 5.41) is 0. The summed E-state index contributed by atoms with van der Waals surface area (Å²) in [7, 11) is 0. The molecule has 1 aromatic carbocycles. The Labute approximate surface area is 212 Å². The van der Waals surface area contributed by atoms with E-state index < -0.39 is 17.6 Å². The molecule has 3 heterocycles. The molecule has 2 aliphatic rings. The largest absolute Gasteiger partial charge is 0.477 e. The molecule has 194 valence electrons. The molecule has 0 spiro atoms. The van der Waals surface area contributed by atoms with Crippen LogP contribution in [-0.4, -0.2) is 71.1 Å². The number of amides is 2. The lowest BCUT2D eigenvalue weighted by molar-refractivity contribution is -0.123. The second-order valence-electron chi connectivity index (χ2n) is 10.6. The summed E-state index contributed by atoms with van der Waals surface area (Å²) >= 11 is 0. The van der Waals surface area contributed by atoms with E-state index in [9.17, 15) is 14.0 Å². The van der Waals surface area contributed by atoms with E-state index in [4.69, 9.17) is 10.5 Å². The number of likely N-dealkylation sites (tertiary alicyclic amines) is 2. The van der Waals surface area contributed by atoms with Crippen LogP contribution in [0.4, 0.5) is 4.39 Å². The zero-order chi connectivity index (χ0) is 25.7. The van der Waals surface area contributed by atoms with E-state index in [1.54, 1.807) is 37.1 Å². The van der Waals surface area contributed by atoms with E-state index in [0.29, 0.717) is 43.5 Å². The van der Waals surface area contributed by atoms with Crippen LogP contribution in [0.25, 0.3) is 11.1 Å². The standard InChI is InChI=1S/C28H37FN4O3/c1-28(2,29)19-32-15-12-20(13-16-32)18-36-25-11-10-23(17-31-25)21-6-8-22(9-7-21)27(35)33-14-4-3-5-24(33)26(30)34/h6-11,17,20,24H,3-5,12-16,18-19H2,1-2H3,(H2,30,34)/t24-/m0/s1. The summed E-state index contributed by atoms with van der Waals surface area (Å²) in [6, 6.07) is 10.6. The summed E-state index contributed by atoms with van der Waals surface area (Å²) in [6.07, 6.45) is 6.17. The van der Waals surface area contributed by atoms with Crippen LogP contribution in [0.5, 0.6) is 5.88 Å². The Bertz CT molecular complexity index is 1030. The number of pyridine rings is 1. The first-order valence-corrected chi connectivity index (χ1v) is 12.9. The molecule has 0 aliphatic carbocycles. The van der Waals surface area contributed by atoms with E-state index in [-0.39, 0.29) is 5.91 Å². The number of nitrogens with zero attached hydrogens (tertiary/aromatic N) is 3. The fourth-order valence-corrected chi connectivity index (χ4v) is 5.12. The third-order valence-electron chi connectivity index (χ3n) is 7.07. The third-order valence-corrected chi connectivity index (χ3v) is 7.07. The van der Waals surface area contributed by atoms with E-state index in [1.807, 2.05) is 24.3 Å². The van der Waals surface area contributed by atoms with Gasteiger partial charge in [-0.1, -0.05) is 12.1 Å². The number of carbonyl (C=O) groups is 2. The Morgan fingerprint density at radius 3 is 2.33 bits per heavy atom. The molecule has 2 aromatic rings. The average molecular weight is 497 g/mol. The molecule has 0 unspecified atom stereocenters. The summed E-state index contributed by atoms with van der Waals surface area (Å²) in [4.78, 5) is 33.0. The number of nitrogens with two attached hydrogens (primary N) is 1. The highest BCUT2D eigenvalue weighted by Crippen LogP contribution is 2.25. The quantitative estimate of drug-likeness (QED) is 0.595. The number of piperidine rings is 2. The number of ether oxygens (including phenoxy) is 1. The SMILES string of the molecule is CC(C)(F)CN1CCC(COc2ccc(-c3ccc(C(=O)N4CCCC[C@H]4C(N)=O)cc3)cn2)CC1. The normalized spacial score (nSPS) is 19.8. The smallest absolute Gasteiger partial charge is 0.254 e. The first-order valence-electron chi connectivity index (χ1n) is 12.9. The second kappa shape index (κ2) is 11.4. The van der Waals surface area contributed by atoms with E-state index in [0.717, 1.165) is 49.9 Å². The van der Waals surface area contributed by atoms with Gasteiger partial charge in [0.25, 0.3) is 5.91 Å². The Morgan fingerprint density at radius 2 is 1.72 bits per heavy atom. The molecule has 1 atom stereocenters. The lowest BCUT2D eigenvalue weighted by atomic mass is 9.97. The molecule has 2 N–H and O–H groups in total. The monoisotopic (exact) mass is 496 g/mol. The zero-order valence-corrected chi connectivity index (χ0v) is 21.3. The molecule has 4 rings (SSSR count). The number of alkyl halides is 1. The van der Waals surface area contributed by atoms with Crippen molar-refractivity contribution in [2.75, 3.05) is 32.8 Å². The molecule has 0 saturated carbocycles. The molecular weight excluding hydrogens is 459 g/mol. The number of aromatic nitrogens is 1. The van der Waals surface area contributed by atoms with Crippen molar-refractivity contribution in [2.24, 2.45) is 11.7 Å². The predicted octanol–water partition coefficient (Wildman–Crippen LogP) is 4.07. The zero-order valence-electron chi connectivity index (χ0n) is 21.3. The van der Waals surface area contributed by atoms with Crippen LogP contribution in [0.15, 0.2) is 42.6 Å². The molecule has 2 saturated heterocycles. The van der Waals surface area contributed by atoms with Gasteiger partial charge in [-0.2, -0.15) is 0 Å². The molecule has 2 aliphatic heterocycles. The summed E-state index contributed by atoms with van der Waals surface area (Å²) in [5.74, 6) is 0.426. The number of primary amides is 1. The molecule has 0 bridgehead atoms. The fraction of sp³-hybridized carbons (Fsp3) is 0.536.